The first-order valence-electron chi connectivity index (χ1n) is 5.01. The van der Waals surface area contributed by atoms with Crippen molar-refractivity contribution >= 4 is 34.5 Å². The smallest absolute Gasteiger partial charge is 0.330 e. The van der Waals surface area contributed by atoms with Gasteiger partial charge in [-0.1, -0.05) is 23.7 Å². The quantitative estimate of drug-likeness (QED) is 0.605. The zero-order valence-corrected chi connectivity index (χ0v) is 9.94. The molecule has 0 saturated heterocycles. The largest absolute Gasteiger partial charge is 0.466 e. The fourth-order valence-electron chi connectivity index (χ4n) is 1.53. The van der Waals surface area contributed by atoms with E-state index in [1.165, 1.54) is 13.2 Å². The van der Waals surface area contributed by atoms with E-state index in [0.29, 0.717) is 5.02 Å². The highest BCUT2D eigenvalue weighted by Gasteiger charge is 2.03. The van der Waals surface area contributed by atoms with Gasteiger partial charge in [0.25, 0.3) is 0 Å². The highest BCUT2D eigenvalue weighted by atomic mass is 35.5. The van der Waals surface area contributed by atoms with Gasteiger partial charge in [-0.05, 0) is 23.8 Å². The molecule has 0 aliphatic rings. The van der Waals surface area contributed by atoms with Crippen LogP contribution in [0.3, 0.4) is 0 Å². The van der Waals surface area contributed by atoms with Crippen molar-refractivity contribution in [2.45, 2.75) is 0 Å². The van der Waals surface area contributed by atoms with Gasteiger partial charge >= 0.3 is 5.97 Å². The van der Waals surface area contributed by atoms with Crippen molar-refractivity contribution < 1.29 is 9.53 Å². The summed E-state index contributed by atoms with van der Waals surface area (Å²) < 4.78 is 4.54. The second kappa shape index (κ2) is 4.97. The maximum absolute atomic E-state index is 11.0. The molecule has 0 atom stereocenters. The average Bonchev–Trinajstić information content (AvgIpc) is 2.36. The Labute approximate surface area is 104 Å². The van der Waals surface area contributed by atoms with Crippen molar-refractivity contribution in [1.29, 1.82) is 0 Å². The molecular weight excluding hydrogens is 238 g/mol. The molecule has 0 unspecified atom stereocenters. The predicted molar refractivity (Wildman–Crippen MR) is 67.8 cm³/mol. The molecule has 0 aliphatic heterocycles. The van der Waals surface area contributed by atoms with Gasteiger partial charge in [0.15, 0.2) is 0 Å². The molecule has 0 fully saturated rings. The molecule has 3 nitrogen and oxygen atoms in total. The van der Waals surface area contributed by atoms with E-state index in [0.717, 1.165) is 16.5 Å². The lowest BCUT2D eigenvalue weighted by Gasteiger charge is -2.02. The molecule has 2 aromatic rings. The Morgan fingerprint density at radius 2 is 2.24 bits per heavy atom. The molecule has 0 bridgehead atoms. The predicted octanol–water partition coefficient (Wildman–Crippen LogP) is 3.07. The van der Waals surface area contributed by atoms with E-state index in [1.54, 1.807) is 18.3 Å². The Hall–Kier alpha value is -1.87. The number of carbonyl (C=O) groups excluding carboxylic acids is 1. The second-order valence-corrected chi connectivity index (χ2v) is 3.80. The van der Waals surface area contributed by atoms with E-state index in [1.807, 2.05) is 18.2 Å². The zero-order valence-electron chi connectivity index (χ0n) is 9.18. The van der Waals surface area contributed by atoms with E-state index in [-0.39, 0.29) is 0 Å². The van der Waals surface area contributed by atoms with Gasteiger partial charge in [0.2, 0.25) is 0 Å². The molecule has 1 heterocycles. The molecular formula is C13H10ClNO2. The number of esters is 1. The number of ether oxygens (including phenoxy) is 1. The van der Waals surface area contributed by atoms with E-state index < -0.39 is 5.97 Å². The lowest BCUT2D eigenvalue weighted by Crippen LogP contribution is -1.93. The van der Waals surface area contributed by atoms with Crippen LogP contribution >= 0.6 is 11.6 Å². The Morgan fingerprint density at radius 1 is 1.41 bits per heavy atom. The van der Waals surface area contributed by atoms with Crippen LogP contribution < -0.4 is 0 Å². The zero-order chi connectivity index (χ0) is 12.3. The fourth-order valence-corrected chi connectivity index (χ4v) is 1.76. The van der Waals surface area contributed by atoms with Gasteiger partial charge in [-0.25, -0.2) is 4.79 Å². The molecule has 4 heteroatoms. The Balaban J connectivity index is 2.52. The summed E-state index contributed by atoms with van der Waals surface area (Å²) in [6, 6.07) is 7.36. The third-order valence-electron chi connectivity index (χ3n) is 2.36. The van der Waals surface area contributed by atoms with Crippen LogP contribution in [0, 0.1) is 0 Å². The van der Waals surface area contributed by atoms with Crippen LogP contribution in [-0.2, 0) is 9.53 Å². The standard InChI is InChI=1S/C13H10ClNO2/c1-17-12(16)6-5-9-7-8-15-13-10(9)3-2-4-11(13)14/h2-8H,1H3/b6-5+. The number of hydrogen-bond donors (Lipinski definition) is 0. The maximum atomic E-state index is 11.0. The van der Waals surface area contributed by atoms with Crippen LogP contribution in [0.5, 0.6) is 0 Å². The van der Waals surface area contributed by atoms with Crippen LogP contribution in [0.15, 0.2) is 36.5 Å². The second-order valence-electron chi connectivity index (χ2n) is 3.39. The number of halogens is 1. The van der Waals surface area contributed by atoms with E-state index in [9.17, 15) is 4.79 Å². The third kappa shape index (κ3) is 2.45. The molecule has 0 aliphatic carbocycles. The number of para-hydroxylation sites is 1. The molecule has 0 amide bonds. The minimum absolute atomic E-state index is 0.392. The molecule has 1 aromatic heterocycles. The van der Waals surface area contributed by atoms with Crippen molar-refractivity contribution in [3.8, 4) is 0 Å². The first kappa shape index (κ1) is 11.6. The van der Waals surface area contributed by atoms with Gasteiger partial charge in [0, 0.05) is 17.7 Å². The number of benzene rings is 1. The van der Waals surface area contributed by atoms with Gasteiger partial charge in [0.05, 0.1) is 17.6 Å². The topological polar surface area (TPSA) is 39.2 Å². The van der Waals surface area contributed by atoms with Gasteiger partial charge in [-0.2, -0.15) is 0 Å². The van der Waals surface area contributed by atoms with E-state index in [2.05, 4.69) is 9.72 Å². The Morgan fingerprint density at radius 3 is 3.00 bits per heavy atom. The van der Waals surface area contributed by atoms with Gasteiger partial charge in [0.1, 0.15) is 0 Å². The van der Waals surface area contributed by atoms with Crippen LogP contribution in [0.2, 0.25) is 5.02 Å². The van der Waals surface area contributed by atoms with Gasteiger partial charge < -0.3 is 4.74 Å². The highest BCUT2D eigenvalue weighted by Crippen LogP contribution is 2.24. The molecule has 2 rings (SSSR count). The summed E-state index contributed by atoms with van der Waals surface area (Å²) in [6.07, 6.45) is 4.72. The Kier molecular flexibility index (Phi) is 3.40. The summed E-state index contributed by atoms with van der Waals surface area (Å²) in [7, 11) is 1.34. The average molecular weight is 248 g/mol. The lowest BCUT2D eigenvalue weighted by atomic mass is 10.1. The molecule has 86 valence electrons. The highest BCUT2D eigenvalue weighted by molar-refractivity contribution is 6.35. The van der Waals surface area contributed by atoms with Crippen LogP contribution in [-0.4, -0.2) is 18.1 Å². The monoisotopic (exact) mass is 247 g/mol. The normalized spacial score (nSPS) is 10.9. The number of hydrogen-bond acceptors (Lipinski definition) is 3. The van der Waals surface area contributed by atoms with Gasteiger partial charge in [-0.15, -0.1) is 0 Å². The van der Waals surface area contributed by atoms with Crippen molar-refractivity contribution in [3.05, 3.63) is 47.1 Å². The summed E-state index contributed by atoms with van der Waals surface area (Å²) in [5, 5.41) is 1.50. The molecule has 0 spiro atoms. The van der Waals surface area contributed by atoms with Crippen molar-refractivity contribution in [1.82, 2.24) is 4.98 Å². The third-order valence-corrected chi connectivity index (χ3v) is 2.66. The van der Waals surface area contributed by atoms with Crippen LogP contribution in [0.4, 0.5) is 0 Å². The van der Waals surface area contributed by atoms with Crippen molar-refractivity contribution in [2.75, 3.05) is 7.11 Å². The summed E-state index contributed by atoms with van der Waals surface area (Å²) in [4.78, 5) is 15.2. The number of aromatic nitrogens is 1. The Bertz CT molecular complexity index is 593. The SMILES string of the molecule is COC(=O)/C=C/c1ccnc2c(Cl)cccc12. The number of carbonyl (C=O) groups is 1. The fraction of sp³-hybridized carbons (Fsp3) is 0.0769. The first-order valence-corrected chi connectivity index (χ1v) is 5.39. The molecule has 17 heavy (non-hydrogen) atoms. The molecule has 0 radical (unpaired) electrons. The summed E-state index contributed by atoms with van der Waals surface area (Å²) in [6.45, 7) is 0. The van der Waals surface area contributed by atoms with Crippen LogP contribution in [0.1, 0.15) is 5.56 Å². The number of methoxy groups -OCH3 is 1. The minimum atomic E-state index is -0.392. The molecule has 1 aromatic carbocycles. The summed E-state index contributed by atoms with van der Waals surface area (Å²) in [5.74, 6) is -0.392. The maximum Gasteiger partial charge on any atom is 0.330 e. The number of nitrogens with zero attached hydrogens (tertiary/aromatic N) is 1. The number of pyridine rings is 1. The van der Waals surface area contributed by atoms with E-state index in [4.69, 9.17) is 11.6 Å². The molecule has 0 N–H and O–H groups in total. The first-order chi connectivity index (χ1) is 8.22. The molecule has 0 saturated carbocycles. The van der Waals surface area contributed by atoms with E-state index >= 15 is 0 Å². The number of rotatable bonds is 2. The summed E-state index contributed by atoms with van der Waals surface area (Å²) >= 11 is 6.04. The van der Waals surface area contributed by atoms with Gasteiger partial charge in [-0.3, -0.25) is 4.98 Å². The van der Waals surface area contributed by atoms with Crippen molar-refractivity contribution in [3.63, 3.8) is 0 Å². The van der Waals surface area contributed by atoms with Crippen molar-refractivity contribution in [2.24, 2.45) is 0 Å². The number of fused-ring (bicyclic) bond motifs is 1. The lowest BCUT2D eigenvalue weighted by molar-refractivity contribution is -0.134. The summed E-state index contributed by atoms with van der Waals surface area (Å²) in [5.41, 5.74) is 1.60. The van der Waals surface area contributed by atoms with Crippen LogP contribution in [0.25, 0.3) is 17.0 Å². The minimum Gasteiger partial charge on any atom is -0.466 e.